The molecule has 15 heavy (non-hydrogen) atoms. The second-order valence-electron chi connectivity index (χ2n) is 4.16. The molecule has 5 nitrogen and oxygen atoms in total. The van der Waals surface area contributed by atoms with E-state index in [1.807, 2.05) is 5.01 Å². The molecule has 0 aromatic carbocycles. The predicted octanol–water partition coefficient (Wildman–Crippen LogP) is -1.15. The average molecular weight is 215 g/mol. The highest BCUT2D eigenvalue weighted by molar-refractivity contribution is 4.74. The zero-order valence-electron chi connectivity index (χ0n) is 9.54. The maximum absolute atomic E-state index is 5.69. The van der Waals surface area contributed by atoms with E-state index in [4.69, 9.17) is 11.6 Å². The fraction of sp³-hybridized carbons (Fsp3) is 1.00. The lowest BCUT2D eigenvalue weighted by Crippen LogP contribution is -2.46. The highest BCUT2D eigenvalue weighted by atomic mass is 15.4. The Morgan fingerprint density at radius 1 is 1.13 bits per heavy atom. The van der Waals surface area contributed by atoms with Gasteiger partial charge in [-0.25, -0.2) is 5.01 Å². The van der Waals surface area contributed by atoms with Gasteiger partial charge in [0.2, 0.25) is 0 Å². The molecule has 0 unspecified atom stereocenters. The molecule has 0 bridgehead atoms. The van der Waals surface area contributed by atoms with Gasteiger partial charge >= 0.3 is 0 Å². The summed E-state index contributed by atoms with van der Waals surface area (Å²) < 4.78 is 0. The van der Waals surface area contributed by atoms with Crippen LogP contribution in [0.15, 0.2) is 0 Å². The Hall–Kier alpha value is -0.200. The van der Waals surface area contributed by atoms with Gasteiger partial charge in [0.25, 0.3) is 0 Å². The zero-order valence-corrected chi connectivity index (χ0v) is 9.54. The molecule has 1 fully saturated rings. The molecule has 0 spiro atoms. The molecule has 0 aliphatic carbocycles. The van der Waals surface area contributed by atoms with E-state index in [1.165, 1.54) is 12.8 Å². The second kappa shape index (κ2) is 8.01. The first kappa shape index (κ1) is 12.9. The molecule has 0 atom stereocenters. The van der Waals surface area contributed by atoms with E-state index < -0.39 is 0 Å². The summed E-state index contributed by atoms with van der Waals surface area (Å²) in [7, 11) is 0. The zero-order chi connectivity index (χ0) is 10.9. The quantitative estimate of drug-likeness (QED) is 0.319. The number of rotatable bonds is 7. The van der Waals surface area contributed by atoms with Crippen molar-refractivity contribution in [3.63, 3.8) is 0 Å². The van der Waals surface area contributed by atoms with Crippen LogP contribution in [0.3, 0.4) is 0 Å². The molecule has 1 saturated heterocycles. The van der Waals surface area contributed by atoms with Gasteiger partial charge in [-0.3, -0.25) is 5.84 Å². The summed E-state index contributed by atoms with van der Waals surface area (Å²) in [5.41, 5.74) is 5.40. The van der Waals surface area contributed by atoms with Crippen LogP contribution < -0.4 is 22.2 Å². The van der Waals surface area contributed by atoms with E-state index in [9.17, 15) is 0 Å². The molecular formula is C10H25N5. The van der Waals surface area contributed by atoms with Crippen LogP contribution in [0.2, 0.25) is 0 Å². The smallest absolute Gasteiger partial charge is 0.0143 e. The van der Waals surface area contributed by atoms with E-state index in [-0.39, 0.29) is 0 Å². The maximum atomic E-state index is 5.69. The van der Waals surface area contributed by atoms with Crippen LogP contribution in [0.4, 0.5) is 0 Å². The topological polar surface area (TPSA) is 79.3 Å². The van der Waals surface area contributed by atoms with E-state index in [1.54, 1.807) is 0 Å². The van der Waals surface area contributed by atoms with Crippen LogP contribution in [0.1, 0.15) is 19.3 Å². The summed E-state index contributed by atoms with van der Waals surface area (Å²) in [4.78, 5) is 0. The highest BCUT2D eigenvalue weighted by Gasteiger charge is 2.15. The lowest BCUT2D eigenvalue weighted by molar-refractivity contribution is 0.202. The standard InChI is InChI=1S/C10H25N5/c11-4-1-5-13-6-7-14-10-2-8-15(12)9-3-10/h10,13-14H,1-9,11-12H2. The van der Waals surface area contributed by atoms with Crippen molar-refractivity contribution < 1.29 is 0 Å². The normalized spacial score (nSPS) is 19.6. The van der Waals surface area contributed by atoms with Crippen LogP contribution >= 0.6 is 0 Å². The predicted molar refractivity (Wildman–Crippen MR) is 63.3 cm³/mol. The second-order valence-corrected chi connectivity index (χ2v) is 4.16. The molecule has 1 heterocycles. The van der Waals surface area contributed by atoms with Gasteiger partial charge in [-0.15, -0.1) is 0 Å². The first-order chi connectivity index (χ1) is 7.33. The van der Waals surface area contributed by atoms with Crippen LogP contribution in [0.5, 0.6) is 0 Å². The number of hydrazine groups is 1. The third-order valence-electron chi connectivity index (χ3n) is 2.82. The monoisotopic (exact) mass is 215 g/mol. The molecule has 0 aromatic heterocycles. The van der Waals surface area contributed by atoms with Crippen molar-refractivity contribution in [1.29, 1.82) is 0 Å². The molecule has 1 aliphatic rings. The SMILES string of the molecule is NCCCNCCNC1CCN(N)CC1. The van der Waals surface area contributed by atoms with Crippen molar-refractivity contribution in [3.8, 4) is 0 Å². The summed E-state index contributed by atoms with van der Waals surface area (Å²) in [6, 6.07) is 0.654. The summed E-state index contributed by atoms with van der Waals surface area (Å²) in [5.74, 6) is 5.69. The van der Waals surface area contributed by atoms with Gasteiger partial charge in [-0.2, -0.15) is 0 Å². The Morgan fingerprint density at radius 3 is 2.53 bits per heavy atom. The van der Waals surface area contributed by atoms with E-state index >= 15 is 0 Å². The first-order valence-electron chi connectivity index (χ1n) is 5.96. The van der Waals surface area contributed by atoms with Crippen molar-refractivity contribution in [2.24, 2.45) is 11.6 Å². The number of nitrogens with two attached hydrogens (primary N) is 2. The fourth-order valence-corrected chi connectivity index (χ4v) is 1.82. The van der Waals surface area contributed by atoms with Crippen molar-refractivity contribution in [3.05, 3.63) is 0 Å². The van der Waals surface area contributed by atoms with Gasteiger partial charge in [0.1, 0.15) is 0 Å². The number of hydrogen-bond donors (Lipinski definition) is 4. The first-order valence-corrected chi connectivity index (χ1v) is 5.96. The minimum Gasteiger partial charge on any atom is -0.330 e. The van der Waals surface area contributed by atoms with Crippen LogP contribution in [0, 0.1) is 0 Å². The summed E-state index contributed by atoms with van der Waals surface area (Å²) >= 11 is 0. The fourth-order valence-electron chi connectivity index (χ4n) is 1.82. The maximum Gasteiger partial charge on any atom is 0.0143 e. The number of piperidine rings is 1. The van der Waals surface area contributed by atoms with Crippen LogP contribution in [0.25, 0.3) is 0 Å². The Balaban J connectivity index is 1.87. The summed E-state index contributed by atoms with van der Waals surface area (Å²) in [5, 5.41) is 8.80. The van der Waals surface area contributed by atoms with Crippen LogP contribution in [-0.4, -0.2) is 50.3 Å². The lowest BCUT2D eigenvalue weighted by Gasteiger charge is -2.29. The molecular weight excluding hydrogens is 190 g/mol. The molecule has 0 radical (unpaired) electrons. The largest absolute Gasteiger partial charge is 0.330 e. The minimum absolute atomic E-state index is 0.654. The Bertz CT molecular complexity index is 145. The van der Waals surface area contributed by atoms with Gasteiger partial charge in [0.15, 0.2) is 0 Å². The van der Waals surface area contributed by atoms with Gasteiger partial charge in [0.05, 0.1) is 0 Å². The van der Waals surface area contributed by atoms with Crippen molar-refractivity contribution in [1.82, 2.24) is 15.6 Å². The molecule has 5 heteroatoms. The van der Waals surface area contributed by atoms with E-state index in [0.717, 1.165) is 45.7 Å². The minimum atomic E-state index is 0.654. The Morgan fingerprint density at radius 2 is 1.87 bits per heavy atom. The summed E-state index contributed by atoms with van der Waals surface area (Å²) in [6.45, 7) is 5.90. The molecule has 1 rings (SSSR count). The van der Waals surface area contributed by atoms with Gasteiger partial charge in [0, 0.05) is 32.2 Å². The van der Waals surface area contributed by atoms with Crippen molar-refractivity contribution in [2.75, 3.05) is 39.3 Å². The van der Waals surface area contributed by atoms with Gasteiger partial charge in [-0.05, 0) is 32.4 Å². The average Bonchev–Trinajstić information content (AvgIpc) is 2.26. The third-order valence-corrected chi connectivity index (χ3v) is 2.82. The van der Waals surface area contributed by atoms with E-state index in [0.29, 0.717) is 6.04 Å². The van der Waals surface area contributed by atoms with Gasteiger partial charge in [-0.1, -0.05) is 0 Å². The number of nitrogens with zero attached hydrogens (tertiary/aromatic N) is 1. The highest BCUT2D eigenvalue weighted by Crippen LogP contribution is 2.05. The summed E-state index contributed by atoms with van der Waals surface area (Å²) in [6.07, 6.45) is 3.39. The van der Waals surface area contributed by atoms with Crippen LogP contribution in [-0.2, 0) is 0 Å². The Kier molecular flexibility index (Phi) is 6.87. The molecule has 0 saturated carbocycles. The van der Waals surface area contributed by atoms with Crippen molar-refractivity contribution in [2.45, 2.75) is 25.3 Å². The number of hydrogen-bond acceptors (Lipinski definition) is 5. The lowest BCUT2D eigenvalue weighted by atomic mass is 10.1. The molecule has 1 aliphatic heterocycles. The number of nitrogens with one attached hydrogen (secondary N) is 2. The van der Waals surface area contributed by atoms with Crippen molar-refractivity contribution >= 4 is 0 Å². The van der Waals surface area contributed by atoms with E-state index in [2.05, 4.69) is 10.6 Å². The third kappa shape index (κ3) is 6.06. The Labute approximate surface area is 92.5 Å². The molecule has 6 N–H and O–H groups in total. The molecule has 90 valence electrons. The van der Waals surface area contributed by atoms with Gasteiger partial charge < -0.3 is 16.4 Å². The molecule has 0 aromatic rings. The molecule has 0 amide bonds.